The van der Waals surface area contributed by atoms with Crippen LogP contribution in [0.25, 0.3) is 5.65 Å². The lowest BCUT2D eigenvalue weighted by Gasteiger charge is -2.34. The second-order valence-electron chi connectivity index (χ2n) is 5.49. The molecule has 1 aliphatic rings. The number of hydrogen-bond donors (Lipinski definition) is 0. The van der Waals surface area contributed by atoms with Crippen LogP contribution in [-0.2, 0) is 7.05 Å². The number of hydrogen-bond acceptors (Lipinski definition) is 5. The Morgan fingerprint density at radius 3 is 3.10 bits per heavy atom. The molecule has 7 nitrogen and oxygen atoms in total. The molecular formula is C14H17N7. The number of fused-ring (bicyclic) bond motifs is 1. The van der Waals surface area contributed by atoms with Gasteiger partial charge in [-0.1, -0.05) is 0 Å². The standard InChI is InChI=1S/C14H17N7/c1-19-12(4-5-17-19)11-3-2-6-20(9-11)14-8-15-7-13-18-16-10-21(13)14/h4-5,7-8,10-11H,2-3,6,9H2,1H3. The smallest absolute Gasteiger partial charge is 0.180 e. The van der Waals surface area contributed by atoms with Crippen molar-refractivity contribution in [2.75, 3.05) is 18.0 Å². The van der Waals surface area contributed by atoms with E-state index in [1.807, 2.05) is 28.5 Å². The topological polar surface area (TPSA) is 64.1 Å². The lowest BCUT2D eigenvalue weighted by atomic mass is 9.95. The van der Waals surface area contributed by atoms with Crippen molar-refractivity contribution in [2.45, 2.75) is 18.8 Å². The van der Waals surface area contributed by atoms with Crippen LogP contribution in [0, 0.1) is 0 Å². The molecule has 0 spiro atoms. The zero-order valence-corrected chi connectivity index (χ0v) is 11.9. The molecule has 1 fully saturated rings. The van der Waals surface area contributed by atoms with E-state index in [4.69, 9.17) is 0 Å². The summed E-state index contributed by atoms with van der Waals surface area (Å²) in [4.78, 5) is 6.65. The van der Waals surface area contributed by atoms with Gasteiger partial charge in [-0.3, -0.25) is 14.1 Å². The normalized spacial score (nSPS) is 19.3. The Balaban J connectivity index is 1.67. The van der Waals surface area contributed by atoms with Crippen LogP contribution in [0.5, 0.6) is 0 Å². The van der Waals surface area contributed by atoms with Crippen LogP contribution in [0.1, 0.15) is 24.5 Å². The Morgan fingerprint density at radius 1 is 1.29 bits per heavy atom. The van der Waals surface area contributed by atoms with Crippen LogP contribution in [0.15, 0.2) is 31.0 Å². The quantitative estimate of drug-likeness (QED) is 0.708. The molecule has 4 rings (SSSR count). The van der Waals surface area contributed by atoms with Crippen LogP contribution in [0.4, 0.5) is 5.82 Å². The van der Waals surface area contributed by atoms with E-state index in [1.165, 1.54) is 12.1 Å². The van der Waals surface area contributed by atoms with Crippen LogP contribution in [0.3, 0.4) is 0 Å². The molecule has 21 heavy (non-hydrogen) atoms. The summed E-state index contributed by atoms with van der Waals surface area (Å²) in [5.41, 5.74) is 2.08. The predicted molar refractivity (Wildman–Crippen MR) is 78.2 cm³/mol. The lowest BCUT2D eigenvalue weighted by Crippen LogP contribution is -2.36. The second kappa shape index (κ2) is 4.83. The van der Waals surface area contributed by atoms with Crippen molar-refractivity contribution in [3.63, 3.8) is 0 Å². The minimum atomic E-state index is 0.498. The Kier molecular flexibility index (Phi) is 2.83. The first-order valence-corrected chi connectivity index (χ1v) is 7.19. The number of nitrogens with zero attached hydrogens (tertiary/aromatic N) is 7. The monoisotopic (exact) mass is 283 g/mol. The maximum absolute atomic E-state index is 4.29. The summed E-state index contributed by atoms with van der Waals surface area (Å²) in [6.07, 6.45) is 9.60. The fraction of sp³-hybridized carbons (Fsp3) is 0.429. The highest BCUT2D eigenvalue weighted by Gasteiger charge is 2.25. The average Bonchev–Trinajstić information content (AvgIpc) is 3.15. The molecule has 0 amide bonds. The molecule has 4 heterocycles. The molecule has 108 valence electrons. The van der Waals surface area contributed by atoms with Gasteiger partial charge in [0.15, 0.2) is 5.65 Å². The number of piperidine rings is 1. The van der Waals surface area contributed by atoms with Crippen molar-refractivity contribution in [1.29, 1.82) is 0 Å². The zero-order valence-electron chi connectivity index (χ0n) is 11.9. The Morgan fingerprint density at radius 2 is 2.24 bits per heavy atom. The summed E-state index contributed by atoms with van der Waals surface area (Å²) in [5, 5.41) is 12.3. The van der Waals surface area contributed by atoms with E-state index in [2.05, 4.69) is 31.2 Å². The third kappa shape index (κ3) is 2.05. The molecule has 0 radical (unpaired) electrons. The Bertz CT molecular complexity index is 759. The molecule has 0 bridgehead atoms. The first-order chi connectivity index (χ1) is 10.3. The fourth-order valence-electron chi connectivity index (χ4n) is 3.19. The van der Waals surface area contributed by atoms with E-state index < -0.39 is 0 Å². The van der Waals surface area contributed by atoms with E-state index in [1.54, 1.807) is 12.5 Å². The van der Waals surface area contributed by atoms with Crippen molar-refractivity contribution in [1.82, 2.24) is 29.4 Å². The number of aromatic nitrogens is 6. The summed E-state index contributed by atoms with van der Waals surface area (Å²) in [6, 6.07) is 2.12. The summed E-state index contributed by atoms with van der Waals surface area (Å²) >= 11 is 0. The highest BCUT2D eigenvalue weighted by molar-refractivity contribution is 5.48. The van der Waals surface area contributed by atoms with Gasteiger partial charge in [0.1, 0.15) is 12.1 Å². The Labute approximate surface area is 122 Å². The largest absolute Gasteiger partial charge is 0.356 e. The van der Waals surface area contributed by atoms with E-state index in [9.17, 15) is 0 Å². The SMILES string of the molecule is Cn1nccc1C1CCCN(c2cncc3nncn23)C1. The van der Waals surface area contributed by atoms with Crippen LogP contribution < -0.4 is 4.90 Å². The maximum atomic E-state index is 4.29. The van der Waals surface area contributed by atoms with Gasteiger partial charge in [0.25, 0.3) is 0 Å². The molecule has 0 saturated carbocycles. The van der Waals surface area contributed by atoms with Crippen molar-refractivity contribution < 1.29 is 0 Å². The molecule has 3 aromatic rings. The second-order valence-corrected chi connectivity index (χ2v) is 5.49. The molecule has 0 aromatic carbocycles. The van der Waals surface area contributed by atoms with Crippen molar-refractivity contribution in [3.8, 4) is 0 Å². The van der Waals surface area contributed by atoms with Gasteiger partial charge in [-0.15, -0.1) is 10.2 Å². The van der Waals surface area contributed by atoms with Crippen molar-refractivity contribution >= 4 is 11.5 Å². The van der Waals surface area contributed by atoms with Crippen molar-refractivity contribution in [3.05, 3.63) is 36.7 Å². The number of anilines is 1. The third-order valence-corrected chi connectivity index (χ3v) is 4.22. The highest BCUT2D eigenvalue weighted by Crippen LogP contribution is 2.29. The summed E-state index contributed by atoms with van der Waals surface area (Å²) in [5.74, 6) is 1.56. The minimum Gasteiger partial charge on any atom is -0.356 e. The summed E-state index contributed by atoms with van der Waals surface area (Å²) < 4.78 is 3.98. The average molecular weight is 283 g/mol. The van der Waals surface area contributed by atoms with Gasteiger partial charge < -0.3 is 4.90 Å². The van der Waals surface area contributed by atoms with Gasteiger partial charge in [0.2, 0.25) is 0 Å². The molecule has 1 unspecified atom stereocenters. The molecule has 7 heteroatoms. The van der Waals surface area contributed by atoms with E-state index in [0.717, 1.165) is 31.0 Å². The Hall–Kier alpha value is -2.44. The van der Waals surface area contributed by atoms with E-state index in [0.29, 0.717) is 5.92 Å². The number of aryl methyl sites for hydroxylation is 1. The van der Waals surface area contributed by atoms with Gasteiger partial charge >= 0.3 is 0 Å². The molecule has 0 N–H and O–H groups in total. The van der Waals surface area contributed by atoms with E-state index >= 15 is 0 Å². The zero-order chi connectivity index (χ0) is 14.2. The lowest BCUT2D eigenvalue weighted by molar-refractivity contribution is 0.479. The van der Waals surface area contributed by atoms with Crippen LogP contribution in [-0.4, -0.2) is 42.5 Å². The summed E-state index contributed by atoms with van der Waals surface area (Å²) in [7, 11) is 2.01. The minimum absolute atomic E-state index is 0.498. The molecule has 1 aliphatic heterocycles. The van der Waals surface area contributed by atoms with Gasteiger partial charge in [-0.25, -0.2) is 0 Å². The molecule has 0 aliphatic carbocycles. The fourth-order valence-corrected chi connectivity index (χ4v) is 3.19. The van der Waals surface area contributed by atoms with Gasteiger partial charge in [0, 0.05) is 37.9 Å². The summed E-state index contributed by atoms with van der Waals surface area (Å²) in [6.45, 7) is 2.01. The van der Waals surface area contributed by atoms with Crippen LogP contribution >= 0.6 is 0 Å². The molecule has 1 atom stereocenters. The van der Waals surface area contributed by atoms with E-state index in [-0.39, 0.29) is 0 Å². The molecule has 1 saturated heterocycles. The van der Waals surface area contributed by atoms with Gasteiger partial charge in [-0.05, 0) is 18.9 Å². The first-order valence-electron chi connectivity index (χ1n) is 7.19. The highest BCUT2D eigenvalue weighted by atomic mass is 15.3. The third-order valence-electron chi connectivity index (χ3n) is 4.22. The van der Waals surface area contributed by atoms with Gasteiger partial charge in [0.05, 0.1) is 12.4 Å². The number of rotatable bonds is 2. The predicted octanol–water partition coefficient (Wildman–Crippen LogP) is 1.24. The molecule has 3 aromatic heterocycles. The van der Waals surface area contributed by atoms with Gasteiger partial charge in [-0.2, -0.15) is 5.10 Å². The maximum Gasteiger partial charge on any atom is 0.180 e. The first kappa shape index (κ1) is 12.3. The molecular weight excluding hydrogens is 266 g/mol. The van der Waals surface area contributed by atoms with Crippen molar-refractivity contribution in [2.24, 2.45) is 7.05 Å². The van der Waals surface area contributed by atoms with Crippen LogP contribution in [0.2, 0.25) is 0 Å².